The molecule has 0 bridgehead atoms. The number of rotatable bonds is 3. The van der Waals surface area contributed by atoms with Gasteiger partial charge in [-0.15, -0.1) is 0 Å². The third-order valence-corrected chi connectivity index (χ3v) is 4.06. The van der Waals surface area contributed by atoms with Crippen molar-refractivity contribution in [2.45, 2.75) is 44.1 Å². The van der Waals surface area contributed by atoms with Crippen molar-refractivity contribution in [1.82, 2.24) is 25.3 Å². The van der Waals surface area contributed by atoms with E-state index in [9.17, 15) is 0 Å². The van der Waals surface area contributed by atoms with Gasteiger partial charge in [0.2, 0.25) is 0 Å². The largest absolute Gasteiger partial charge is 0.339 e. The van der Waals surface area contributed by atoms with Crippen LogP contribution < -0.4 is 5.32 Å². The predicted molar refractivity (Wildman–Crippen MR) is 70.3 cm³/mol. The summed E-state index contributed by atoms with van der Waals surface area (Å²) >= 11 is 0. The maximum absolute atomic E-state index is 4.55. The third kappa shape index (κ3) is 2.10. The molecule has 0 saturated heterocycles. The van der Waals surface area contributed by atoms with Crippen molar-refractivity contribution in [1.29, 1.82) is 0 Å². The first-order valence-corrected chi connectivity index (χ1v) is 6.65. The first-order valence-electron chi connectivity index (χ1n) is 6.65. The molecule has 1 fully saturated rings. The minimum atomic E-state index is 0.208. The van der Waals surface area contributed by atoms with E-state index in [1.165, 1.54) is 32.1 Å². The molecule has 18 heavy (non-hydrogen) atoms. The minimum absolute atomic E-state index is 0.208. The Morgan fingerprint density at radius 1 is 1.33 bits per heavy atom. The van der Waals surface area contributed by atoms with E-state index < -0.39 is 0 Å². The summed E-state index contributed by atoms with van der Waals surface area (Å²) in [6.45, 7) is 0. The molecule has 1 aliphatic carbocycles. The Hall–Kier alpha value is -1.49. The number of imidazole rings is 1. The molecule has 2 N–H and O–H groups in total. The lowest BCUT2D eigenvalue weighted by molar-refractivity contribution is 0.241. The smallest absolute Gasteiger partial charge is 0.180 e. The van der Waals surface area contributed by atoms with Crippen LogP contribution in [0.1, 0.15) is 37.9 Å². The molecule has 5 heteroatoms. The average Bonchev–Trinajstić information content (AvgIpc) is 2.81. The molecule has 0 amide bonds. The highest BCUT2D eigenvalue weighted by atomic mass is 15.0. The van der Waals surface area contributed by atoms with Gasteiger partial charge >= 0.3 is 0 Å². The van der Waals surface area contributed by atoms with Gasteiger partial charge in [0.1, 0.15) is 17.7 Å². The van der Waals surface area contributed by atoms with Gasteiger partial charge in [0.05, 0.1) is 6.20 Å². The van der Waals surface area contributed by atoms with Crippen LogP contribution in [-0.2, 0) is 6.42 Å². The van der Waals surface area contributed by atoms with E-state index in [1.54, 1.807) is 12.5 Å². The van der Waals surface area contributed by atoms with Crippen molar-refractivity contribution in [3.05, 3.63) is 18.3 Å². The number of aromatic nitrogens is 4. The monoisotopic (exact) mass is 245 g/mol. The highest BCUT2D eigenvalue weighted by molar-refractivity contribution is 5.68. The molecule has 0 spiro atoms. The number of nitrogens with one attached hydrogen (secondary N) is 2. The van der Waals surface area contributed by atoms with Gasteiger partial charge in [0.25, 0.3) is 0 Å². The molecule has 0 radical (unpaired) electrons. The van der Waals surface area contributed by atoms with E-state index in [1.807, 2.05) is 0 Å². The highest BCUT2D eigenvalue weighted by Crippen LogP contribution is 2.30. The molecule has 2 aromatic rings. The Labute approximate surface area is 106 Å². The first-order chi connectivity index (χ1) is 8.81. The van der Waals surface area contributed by atoms with Gasteiger partial charge in [-0.3, -0.25) is 0 Å². The number of hydrogen-bond acceptors (Lipinski definition) is 4. The fraction of sp³-hybridized carbons (Fsp3) is 0.615. The third-order valence-electron chi connectivity index (χ3n) is 4.06. The lowest BCUT2D eigenvalue weighted by Gasteiger charge is -2.36. The zero-order chi connectivity index (χ0) is 12.4. The standard InChI is InChI=1S/C13H19N5/c1-14-13(5-3-2-4-6-13)7-11-17-10-8-15-9-16-12(10)18-11/h8-9,14H,2-7H2,1H3,(H,15,16,17,18). The molecule has 96 valence electrons. The Morgan fingerprint density at radius 2 is 2.17 bits per heavy atom. The fourth-order valence-electron chi connectivity index (χ4n) is 2.96. The van der Waals surface area contributed by atoms with Crippen molar-refractivity contribution in [2.24, 2.45) is 0 Å². The summed E-state index contributed by atoms with van der Waals surface area (Å²) in [4.78, 5) is 16.1. The van der Waals surface area contributed by atoms with Crippen molar-refractivity contribution in [2.75, 3.05) is 7.05 Å². The zero-order valence-electron chi connectivity index (χ0n) is 10.7. The van der Waals surface area contributed by atoms with Crippen LogP contribution in [0.3, 0.4) is 0 Å². The molecule has 0 atom stereocenters. The quantitative estimate of drug-likeness (QED) is 0.865. The summed E-state index contributed by atoms with van der Waals surface area (Å²) in [5, 5.41) is 3.51. The van der Waals surface area contributed by atoms with Crippen LogP contribution in [0.5, 0.6) is 0 Å². The Morgan fingerprint density at radius 3 is 2.89 bits per heavy atom. The Balaban J connectivity index is 1.85. The molecule has 3 rings (SSSR count). The summed E-state index contributed by atoms with van der Waals surface area (Å²) in [5.41, 5.74) is 1.90. The van der Waals surface area contributed by atoms with E-state index in [0.717, 1.165) is 23.4 Å². The second kappa shape index (κ2) is 4.65. The van der Waals surface area contributed by atoms with Gasteiger partial charge < -0.3 is 10.3 Å². The molecule has 0 aliphatic heterocycles. The molecule has 1 aliphatic rings. The summed E-state index contributed by atoms with van der Waals surface area (Å²) in [7, 11) is 2.06. The minimum Gasteiger partial charge on any atom is -0.339 e. The second-order valence-corrected chi connectivity index (χ2v) is 5.21. The van der Waals surface area contributed by atoms with Gasteiger partial charge in [0, 0.05) is 12.0 Å². The van der Waals surface area contributed by atoms with E-state index in [4.69, 9.17) is 0 Å². The van der Waals surface area contributed by atoms with Crippen molar-refractivity contribution in [3.63, 3.8) is 0 Å². The number of aromatic amines is 1. The average molecular weight is 245 g/mol. The maximum Gasteiger partial charge on any atom is 0.180 e. The number of hydrogen-bond donors (Lipinski definition) is 2. The van der Waals surface area contributed by atoms with E-state index >= 15 is 0 Å². The Bertz CT molecular complexity index is 494. The summed E-state index contributed by atoms with van der Waals surface area (Å²) < 4.78 is 0. The van der Waals surface area contributed by atoms with Crippen LogP contribution in [0.25, 0.3) is 11.2 Å². The molecule has 5 nitrogen and oxygen atoms in total. The maximum atomic E-state index is 4.55. The van der Waals surface area contributed by atoms with Crippen LogP contribution >= 0.6 is 0 Å². The number of fused-ring (bicyclic) bond motifs is 1. The van der Waals surface area contributed by atoms with Gasteiger partial charge in [-0.1, -0.05) is 19.3 Å². The van der Waals surface area contributed by atoms with Gasteiger partial charge in [-0.25, -0.2) is 15.0 Å². The lowest BCUT2D eigenvalue weighted by atomic mass is 9.79. The van der Waals surface area contributed by atoms with Crippen LogP contribution in [-0.4, -0.2) is 32.5 Å². The Kier molecular flexibility index (Phi) is 2.99. The van der Waals surface area contributed by atoms with Gasteiger partial charge in [-0.2, -0.15) is 0 Å². The van der Waals surface area contributed by atoms with Gasteiger partial charge in [-0.05, 0) is 19.9 Å². The molecular formula is C13H19N5. The SMILES string of the molecule is CNC1(Cc2nc3ncncc3[nH]2)CCCCC1. The number of nitrogens with zero attached hydrogens (tertiary/aromatic N) is 3. The second-order valence-electron chi connectivity index (χ2n) is 5.21. The molecule has 1 saturated carbocycles. The number of H-pyrrole nitrogens is 1. The zero-order valence-corrected chi connectivity index (χ0v) is 10.7. The molecular weight excluding hydrogens is 226 g/mol. The molecule has 0 unspecified atom stereocenters. The van der Waals surface area contributed by atoms with E-state index in [0.29, 0.717) is 0 Å². The first kappa shape index (κ1) is 11.6. The van der Waals surface area contributed by atoms with Crippen molar-refractivity contribution >= 4 is 11.2 Å². The highest BCUT2D eigenvalue weighted by Gasteiger charge is 2.31. The number of likely N-dealkylation sites (N-methyl/N-ethyl adjacent to an activating group) is 1. The predicted octanol–water partition coefficient (Wildman–Crippen LogP) is 1.82. The summed E-state index contributed by atoms with van der Waals surface area (Å²) in [6.07, 6.45) is 10.7. The van der Waals surface area contributed by atoms with E-state index in [2.05, 4.69) is 32.3 Å². The molecule has 2 aromatic heterocycles. The topological polar surface area (TPSA) is 66.5 Å². The summed E-state index contributed by atoms with van der Waals surface area (Å²) in [6, 6.07) is 0. The molecule has 2 heterocycles. The summed E-state index contributed by atoms with van der Waals surface area (Å²) in [5.74, 6) is 1.02. The van der Waals surface area contributed by atoms with Crippen molar-refractivity contribution < 1.29 is 0 Å². The van der Waals surface area contributed by atoms with Crippen molar-refractivity contribution in [3.8, 4) is 0 Å². The molecule has 0 aromatic carbocycles. The van der Waals surface area contributed by atoms with Crippen LogP contribution in [0.15, 0.2) is 12.5 Å². The van der Waals surface area contributed by atoms with Crippen LogP contribution in [0, 0.1) is 0 Å². The van der Waals surface area contributed by atoms with Crippen LogP contribution in [0.4, 0.5) is 0 Å². The fourth-order valence-corrected chi connectivity index (χ4v) is 2.96. The normalized spacial score (nSPS) is 19.2. The van der Waals surface area contributed by atoms with E-state index in [-0.39, 0.29) is 5.54 Å². The van der Waals surface area contributed by atoms with Crippen LogP contribution in [0.2, 0.25) is 0 Å². The lowest BCUT2D eigenvalue weighted by Crippen LogP contribution is -2.46. The van der Waals surface area contributed by atoms with Gasteiger partial charge in [0.15, 0.2) is 5.65 Å².